The van der Waals surface area contributed by atoms with Gasteiger partial charge in [-0.3, -0.25) is 14.2 Å². The third kappa shape index (κ3) is 2.92. The first kappa shape index (κ1) is 15.5. The number of fused-ring (bicyclic) bond motifs is 1. The molecule has 5 nitrogen and oxygen atoms in total. The van der Waals surface area contributed by atoms with Crippen molar-refractivity contribution in [2.45, 2.75) is 13.5 Å². The van der Waals surface area contributed by atoms with E-state index in [0.717, 1.165) is 21.8 Å². The minimum absolute atomic E-state index is 0.141. The maximum atomic E-state index is 12.7. The van der Waals surface area contributed by atoms with E-state index in [4.69, 9.17) is 0 Å². The third-order valence-electron chi connectivity index (χ3n) is 4.00. The van der Waals surface area contributed by atoms with Crippen LogP contribution in [0.15, 0.2) is 60.2 Å². The van der Waals surface area contributed by atoms with Gasteiger partial charge in [0.15, 0.2) is 0 Å². The quantitative estimate of drug-likeness (QED) is 0.612. The number of aromatic nitrogens is 3. The molecule has 0 saturated heterocycles. The highest BCUT2D eigenvalue weighted by molar-refractivity contribution is 7.13. The van der Waals surface area contributed by atoms with E-state index in [0.29, 0.717) is 17.9 Å². The predicted molar refractivity (Wildman–Crippen MR) is 98.6 cm³/mol. The molecule has 0 aliphatic carbocycles. The summed E-state index contributed by atoms with van der Waals surface area (Å²) in [5.41, 5.74) is 3.95. The van der Waals surface area contributed by atoms with Crippen LogP contribution in [-0.4, -0.2) is 20.3 Å². The van der Waals surface area contributed by atoms with Gasteiger partial charge in [0, 0.05) is 18.9 Å². The number of nitrogens with zero attached hydrogens (tertiary/aromatic N) is 3. The van der Waals surface area contributed by atoms with Gasteiger partial charge in [-0.15, -0.1) is 11.3 Å². The Morgan fingerprint density at radius 2 is 2.12 bits per heavy atom. The Kier molecular flexibility index (Phi) is 4.03. The molecule has 0 unspecified atom stereocenters. The van der Waals surface area contributed by atoms with Gasteiger partial charge < -0.3 is 5.32 Å². The SMILES string of the molecule is Cc1nc2ccccn2c1C(=O)NCc1cccnc1-c1cccs1. The number of hydrogen-bond acceptors (Lipinski definition) is 4. The van der Waals surface area contributed by atoms with Crippen molar-refractivity contribution in [2.24, 2.45) is 0 Å². The Labute approximate surface area is 149 Å². The van der Waals surface area contributed by atoms with E-state index in [1.165, 1.54) is 0 Å². The fourth-order valence-electron chi connectivity index (χ4n) is 2.86. The Balaban J connectivity index is 1.60. The van der Waals surface area contributed by atoms with Crippen LogP contribution in [0.2, 0.25) is 0 Å². The minimum Gasteiger partial charge on any atom is -0.347 e. The molecule has 4 aromatic heterocycles. The second kappa shape index (κ2) is 6.49. The van der Waals surface area contributed by atoms with Crippen LogP contribution in [0, 0.1) is 6.92 Å². The van der Waals surface area contributed by atoms with Crippen LogP contribution in [0.3, 0.4) is 0 Å². The molecule has 6 heteroatoms. The molecule has 4 aromatic rings. The zero-order chi connectivity index (χ0) is 17.2. The van der Waals surface area contributed by atoms with E-state index in [9.17, 15) is 4.79 Å². The minimum atomic E-state index is -0.141. The maximum Gasteiger partial charge on any atom is 0.270 e. The molecular weight excluding hydrogens is 332 g/mol. The standard InChI is InChI=1S/C19H16N4OS/c1-13-18(23-10-3-2-8-16(23)22-13)19(24)21-12-14-6-4-9-20-17(14)15-7-5-11-25-15/h2-11H,12H2,1H3,(H,21,24). The number of imidazole rings is 1. The van der Waals surface area contributed by atoms with Crippen LogP contribution in [0.4, 0.5) is 0 Å². The van der Waals surface area contributed by atoms with E-state index in [-0.39, 0.29) is 5.91 Å². The highest BCUT2D eigenvalue weighted by Crippen LogP contribution is 2.25. The number of nitrogens with one attached hydrogen (secondary N) is 1. The zero-order valence-electron chi connectivity index (χ0n) is 13.6. The zero-order valence-corrected chi connectivity index (χ0v) is 14.5. The van der Waals surface area contributed by atoms with Gasteiger partial charge in [0.25, 0.3) is 5.91 Å². The Bertz CT molecular complexity index is 1040. The summed E-state index contributed by atoms with van der Waals surface area (Å²) < 4.78 is 1.81. The van der Waals surface area contributed by atoms with Crippen molar-refractivity contribution in [3.05, 3.63) is 77.2 Å². The van der Waals surface area contributed by atoms with Gasteiger partial charge in [0.1, 0.15) is 11.3 Å². The van der Waals surface area contributed by atoms with Gasteiger partial charge in [-0.1, -0.05) is 18.2 Å². The van der Waals surface area contributed by atoms with Crippen LogP contribution in [0.5, 0.6) is 0 Å². The summed E-state index contributed by atoms with van der Waals surface area (Å²) in [6.45, 7) is 2.27. The van der Waals surface area contributed by atoms with Crippen molar-refractivity contribution in [3.8, 4) is 10.6 Å². The normalized spacial score (nSPS) is 10.9. The summed E-state index contributed by atoms with van der Waals surface area (Å²) in [6, 6.07) is 13.6. The number of aryl methyl sites for hydroxylation is 1. The summed E-state index contributed by atoms with van der Waals surface area (Å²) in [6.07, 6.45) is 3.63. The van der Waals surface area contributed by atoms with Crippen molar-refractivity contribution in [3.63, 3.8) is 0 Å². The Morgan fingerprint density at radius 1 is 1.20 bits per heavy atom. The Morgan fingerprint density at radius 3 is 2.96 bits per heavy atom. The number of thiophene rings is 1. The lowest BCUT2D eigenvalue weighted by Gasteiger charge is -2.09. The topological polar surface area (TPSA) is 59.3 Å². The number of pyridine rings is 2. The van der Waals surface area contributed by atoms with Gasteiger partial charge in [0.2, 0.25) is 0 Å². The highest BCUT2D eigenvalue weighted by atomic mass is 32.1. The van der Waals surface area contributed by atoms with Crippen molar-refractivity contribution >= 4 is 22.9 Å². The molecule has 1 N–H and O–H groups in total. The molecule has 124 valence electrons. The van der Waals surface area contributed by atoms with E-state index in [1.807, 2.05) is 65.4 Å². The molecular formula is C19H16N4OS. The van der Waals surface area contributed by atoms with Crippen LogP contribution < -0.4 is 5.32 Å². The number of amides is 1. The molecule has 0 aliphatic rings. The van der Waals surface area contributed by atoms with Gasteiger partial charge in [-0.05, 0) is 42.1 Å². The first-order chi connectivity index (χ1) is 12.2. The van der Waals surface area contributed by atoms with Gasteiger partial charge in [-0.2, -0.15) is 0 Å². The molecule has 0 aromatic carbocycles. The van der Waals surface area contributed by atoms with E-state index >= 15 is 0 Å². The van der Waals surface area contributed by atoms with Crippen LogP contribution in [0.25, 0.3) is 16.2 Å². The van der Waals surface area contributed by atoms with Gasteiger partial charge >= 0.3 is 0 Å². The molecule has 1 amide bonds. The second-order valence-corrected chi connectivity index (χ2v) is 6.59. The summed E-state index contributed by atoms with van der Waals surface area (Å²) >= 11 is 1.64. The lowest BCUT2D eigenvalue weighted by atomic mass is 10.1. The molecule has 0 bridgehead atoms. The smallest absolute Gasteiger partial charge is 0.270 e. The average Bonchev–Trinajstić information content (AvgIpc) is 3.27. The highest BCUT2D eigenvalue weighted by Gasteiger charge is 2.16. The molecule has 4 heterocycles. The maximum absolute atomic E-state index is 12.7. The molecule has 0 saturated carbocycles. The molecule has 25 heavy (non-hydrogen) atoms. The van der Waals surface area contributed by atoms with Crippen LogP contribution in [0.1, 0.15) is 21.7 Å². The largest absolute Gasteiger partial charge is 0.347 e. The first-order valence-electron chi connectivity index (χ1n) is 7.93. The summed E-state index contributed by atoms with van der Waals surface area (Å²) in [7, 11) is 0. The van der Waals surface area contributed by atoms with Gasteiger partial charge in [0.05, 0.1) is 16.3 Å². The Hall–Kier alpha value is -2.99. The van der Waals surface area contributed by atoms with Crippen molar-refractivity contribution < 1.29 is 4.79 Å². The summed E-state index contributed by atoms with van der Waals surface area (Å²) in [5, 5.41) is 5.02. The molecule has 0 aliphatic heterocycles. The lowest BCUT2D eigenvalue weighted by molar-refractivity contribution is 0.0944. The molecule has 0 spiro atoms. The molecule has 0 fully saturated rings. The fourth-order valence-corrected chi connectivity index (χ4v) is 3.62. The number of rotatable bonds is 4. The van der Waals surface area contributed by atoms with Crippen molar-refractivity contribution in [2.75, 3.05) is 0 Å². The van der Waals surface area contributed by atoms with Crippen molar-refractivity contribution in [1.82, 2.24) is 19.7 Å². The average molecular weight is 348 g/mol. The number of hydrogen-bond donors (Lipinski definition) is 1. The number of carbonyl (C=O) groups is 1. The van der Waals surface area contributed by atoms with E-state index in [1.54, 1.807) is 17.5 Å². The third-order valence-corrected chi connectivity index (χ3v) is 4.88. The summed E-state index contributed by atoms with van der Waals surface area (Å²) in [5.74, 6) is -0.141. The lowest BCUT2D eigenvalue weighted by Crippen LogP contribution is -2.25. The van der Waals surface area contributed by atoms with Crippen molar-refractivity contribution in [1.29, 1.82) is 0 Å². The van der Waals surface area contributed by atoms with Gasteiger partial charge in [-0.25, -0.2) is 4.98 Å². The van der Waals surface area contributed by atoms with E-state index < -0.39 is 0 Å². The van der Waals surface area contributed by atoms with Crippen LogP contribution >= 0.6 is 11.3 Å². The van der Waals surface area contributed by atoms with E-state index in [2.05, 4.69) is 15.3 Å². The second-order valence-electron chi connectivity index (χ2n) is 5.65. The molecule has 0 radical (unpaired) electrons. The van der Waals surface area contributed by atoms with Crippen LogP contribution in [-0.2, 0) is 6.54 Å². The molecule has 0 atom stereocenters. The first-order valence-corrected chi connectivity index (χ1v) is 8.81. The fraction of sp³-hybridized carbons (Fsp3) is 0.105. The molecule has 4 rings (SSSR count). The predicted octanol–water partition coefficient (Wildman–Crippen LogP) is 3.70. The summed E-state index contributed by atoms with van der Waals surface area (Å²) in [4.78, 5) is 22.7. The number of carbonyl (C=O) groups excluding carboxylic acids is 1. The monoisotopic (exact) mass is 348 g/mol.